The monoisotopic (exact) mass is 586 g/mol. The lowest BCUT2D eigenvalue weighted by Crippen LogP contribution is -2.06. The third-order valence-corrected chi connectivity index (χ3v) is 7.52. The number of aromatic nitrogens is 6. The van der Waals surface area contributed by atoms with Gasteiger partial charge in [-0.1, -0.05) is 36.4 Å². The summed E-state index contributed by atoms with van der Waals surface area (Å²) in [5.41, 5.74) is 4.30. The van der Waals surface area contributed by atoms with E-state index in [9.17, 15) is 9.59 Å². The molecule has 0 radical (unpaired) electrons. The fraction of sp³-hybridized carbons (Fsp3) is 0.310. The molecule has 1 N–H and O–H groups in total. The van der Waals surface area contributed by atoms with Crippen LogP contribution >= 0.6 is 15.9 Å². The van der Waals surface area contributed by atoms with E-state index >= 15 is 0 Å². The molecule has 5 aromatic rings. The largest absolute Gasteiger partial charge is 0.392 e. The van der Waals surface area contributed by atoms with Crippen LogP contribution in [0.25, 0.3) is 22.6 Å². The zero-order chi connectivity index (χ0) is 26.9. The van der Waals surface area contributed by atoms with Crippen molar-refractivity contribution in [1.29, 1.82) is 0 Å². The second-order valence-corrected chi connectivity index (χ2v) is 10.9. The minimum Gasteiger partial charge on any atom is -0.392 e. The normalized spacial score (nSPS) is 14.8. The zero-order valence-corrected chi connectivity index (χ0v) is 22.8. The number of hydrogen-bond acceptors (Lipinski definition) is 7. The van der Waals surface area contributed by atoms with Crippen LogP contribution in [0.15, 0.2) is 65.3 Å². The number of nitrogens with zero attached hydrogens (tertiary/aromatic N) is 6. The molecule has 4 aromatic heterocycles. The van der Waals surface area contributed by atoms with Crippen molar-refractivity contribution in [2.45, 2.75) is 45.1 Å². The molecule has 0 amide bonds. The van der Waals surface area contributed by atoms with Crippen LogP contribution in [0.1, 0.15) is 42.9 Å². The van der Waals surface area contributed by atoms with Crippen molar-refractivity contribution in [3.63, 3.8) is 0 Å². The molecule has 0 atom stereocenters. The van der Waals surface area contributed by atoms with Crippen molar-refractivity contribution in [3.05, 3.63) is 82.5 Å². The number of Topliss-reactive ketones (excluding diaryl/α,β-unsaturated/α-hetero) is 2. The minimum absolute atomic E-state index is 0.0290. The van der Waals surface area contributed by atoms with E-state index in [4.69, 9.17) is 5.11 Å². The van der Waals surface area contributed by atoms with Crippen molar-refractivity contribution in [2.24, 2.45) is 11.8 Å². The number of hydrogen-bond donors (Lipinski definition) is 1. The van der Waals surface area contributed by atoms with Crippen LogP contribution in [-0.4, -0.2) is 45.9 Å². The maximum atomic E-state index is 12.0. The summed E-state index contributed by atoms with van der Waals surface area (Å²) in [5, 5.41) is 18.0. The number of aliphatic hydroxyl groups excluding tert-OH is 1. The molecule has 198 valence electrons. The predicted octanol–water partition coefficient (Wildman–Crippen LogP) is 4.42. The van der Waals surface area contributed by atoms with E-state index in [1.165, 1.54) is 0 Å². The summed E-state index contributed by atoms with van der Waals surface area (Å²) in [5.74, 6) is 2.22. The van der Waals surface area contributed by atoms with Gasteiger partial charge >= 0.3 is 0 Å². The number of pyridine rings is 2. The van der Waals surface area contributed by atoms with E-state index in [2.05, 4.69) is 36.1 Å². The maximum absolute atomic E-state index is 12.0. The molecule has 2 aliphatic rings. The van der Waals surface area contributed by atoms with Crippen LogP contribution in [0.4, 0.5) is 0 Å². The van der Waals surface area contributed by atoms with Gasteiger partial charge in [0.25, 0.3) is 0 Å². The molecule has 0 aliphatic heterocycles. The Hall–Kier alpha value is -3.76. The molecular formula is C29H27BrN6O3. The standard InChI is InChI=1S/C18H17N3O2.C11H10BrN3O/c22-11-12-4-6-13(7-5-12)15-2-1-3-18-19-17(20-21(15)18)10-16(23)14-8-9-14;12-9-2-1-3-11-13-10(14-15(9)11)6-8(16)7-4-5-7/h1-7,14,22H,8-11H2;1-3,7H,4-6H2. The van der Waals surface area contributed by atoms with Gasteiger partial charge in [0, 0.05) is 17.4 Å². The molecule has 1 aromatic carbocycles. The van der Waals surface area contributed by atoms with Gasteiger partial charge in [0.2, 0.25) is 0 Å². The number of benzene rings is 1. The first kappa shape index (κ1) is 25.5. The van der Waals surface area contributed by atoms with Crippen LogP contribution in [0.3, 0.4) is 0 Å². The third-order valence-electron chi connectivity index (χ3n) is 6.92. The Balaban J connectivity index is 0.000000151. The molecule has 0 saturated heterocycles. The van der Waals surface area contributed by atoms with Gasteiger partial charge in [-0.3, -0.25) is 9.59 Å². The highest BCUT2D eigenvalue weighted by atomic mass is 79.9. The summed E-state index contributed by atoms with van der Waals surface area (Å²) in [6.45, 7) is 0.0290. The van der Waals surface area contributed by atoms with Crippen LogP contribution in [0.5, 0.6) is 0 Å². The lowest BCUT2D eigenvalue weighted by Gasteiger charge is -2.05. The van der Waals surface area contributed by atoms with Crippen LogP contribution in [0, 0.1) is 11.8 Å². The molecule has 2 saturated carbocycles. The lowest BCUT2D eigenvalue weighted by atomic mass is 10.1. The Labute approximate surface area is 233 Å². The van der Waals surface area contributed by atoms with Crippen molar-refractivity contribution >= 4 is 38.8 Å². The topological polar surface area (TPSA) is 115 Å². The number of aliphatic hydroxyl groups is 1. The Kier molecular flexibility index (Phi) is 7.05. The van der Waals surface area contributed by atoms with E-state index in [0.29, 0.717) is 24.5 Å². The summed E-state index contributed by atoms with van der Waals surface area (Å²) in [6.07, 6.45) is 4.77. The second kappa shape index (κ2) is 10.8. The summed E-state index contributed by atoms with van der Waals surface area (Å²) in [4.78, 5) is 32.4. The Morgan fingerprint density at radius 1 is 0.769 bits per heavy atom. The van der Waals surface area contributed by atoms with Gasteiger partial charge < -0.3 is 5.11 Å². The van der Waals surface area contributed by atoms with Crippen LogP contribution in [0.2, 0.25) is 0 Å². The van der Waals surface area contributed by atoms with Gasteiger partial charge in [-0.2, -0.15) is 5.10 Å². The molecule has 10 heteroatoms. The summed E-state index contributed by atoms with van der Waals surface area (Å²) in [6, 6.07) is 19.2. The van der Waals surface area contributed by atoms with E-state index < -0.39 is 0 Å². The highest BCUT2D eigenvalue weighted by molar-refractivity contribution is 9.10. The number of ketones is 2. The van der Waals surface area contributed by atoms with E-state index in [-0.39, 0.29) is 30.0 Å². The molecule has 2 fully saturated rings. The fourth-order valence-electron chi connectivity index (χ4n) is 4.43. The maximum Gasteiger partial charge on any atom is 0.159 e. The van der Waals surface area contributed by atoms with Gasteiger partial charge in [0.05, 0.1) is 25.1 Å². The summed E-state index contributed by atoms with van der Waals surface area (Å²) < 4.78 is 4.33. The Morgan fingerprint density at radius 2 is 1.31 bits per heavy atom. The highest BCUT2D eigenvalue weighted by Crippen LogP contribution is 2.31. The average Bonchev–Trinajstić information content (AvgIpc) is 3.88. The smallest absolute Gasteiger partial charge is 0.159 e. The molecule has 7 rings (SSSR count). The Bertz CT molecular complexity index is 1670. The number of carbonyl (C=O) groups is 2. The molecule has 9 nitrogen and oxygen atoms in total. The quantitative estimate of drug-likeness (QED) is 0.267. The first-order valence-electron chi connectivity index (χ1n) is 13.1. The zero-order valence-electron chi connectivity index (χ0n) is 21.2. The van der Waals surface area contributed by atoms with E-state index in [0.717, 1.165) is 58.4 Å². The minimum atomic E-state index is 0.0290. The first-order chi connectivity index (χ1) is 19.0. The van der Waals surface area contributed by atoms with Gasteiger partial charge in [0.15, 0.2) is 22.9 Å². The van der Waals surface area contributed by atoms with Gasteiger partial charge in [-0.25, -0.2) is 19.0 Å². The predicted molar refractivity (Wildman–Crippen MR) is 148 cm³/mol. The molecule has 0 spiro atoms. The van der Waals surface area contributed by atoms with Gasteiger partial charge in [0.1, 0.15) is 16.2 Å². The van der Waals surface area contributed by atoms with Crippen molar-refractivity contribution in [1.82, 2.24) is 29.2 Å². The number of carbonyl (C=O) groups excluding carboxylic acids is 2. The van der Waals surface area contributed by atoms with Gasteiger partial charge in [-0.05, 0) is 71.4 Å². The Morgan fingerprint density at radius 3 is 1.85 bits per heavy atom. The second-order valence-electron chi connectivity index (χ2n) is 10.0. The summed E-state index contributed by atoms with van der Waals surface area (Å²) >= 11 is 3.39. The number of fused-ring (bicyclic) bond motifs is 2. The van der Waals surface area contributed by atoms with Crippen LogP contribution < -0.4 is 0 Å². The first-order valence-corrected chi connectivity index (χ1v) is 13.9. The number of halogens is 1. The van der Waals surface area contributed by atoms with E-state index in [1.54, 1.807) is 9.03 Å². The highest BCUT2D eigenvalue weighted by Gasteiger charge is 2.31. The molecule has 0 unspecified atom stereocenters. The molecule has 4 heterocycles. The fourth-order valence-corrected chi connectivity index (χ4v) is 4.84. The van der Waals surface area contributed by atoms with E-state index in [1.807, 2.05) is 60.7 Å². The number of rotatable bonds is 8. The molecule has 39 heavy (non-hydrogen) atoms. The van der Waals surface area contributed by atoms with Gasteiger partial charge in [-0.15, -0.1) is 5.10 Å². The van der Waals surface area contributed by atoms with Crippen molar-refractivity contribution in [2.75, 3.05) is 0 Å². The SMILES string of the molecule is O=C(Cc1nc2cccc(-c3ccc(CO)cc3)n2n1)C1CC1.O=C(Cc1nc2cccc(Br)n2n1)C1CC1. The van der Waals surface area contributed by atoms with Crippen molar-refractivity contribution in [3.8, 4) is 11.3 Å². The van der Waals surface area contributed by atoms with Crippen LogP contribution in [-0.2, 0) is 29.0 Å². The molecular weight excluding hydrogens is 560 g/mol. The molecule has 0 bridgehead atoms. The third kappa shape index (κ3) is 5.81. The lowest BCUT2D eigenvalue weighted by molar-refractivity contribution is -0.120. The average molecular weight is 587 g/mol. The van der Waals surface area contributed by atoms with Crippen molar-refractivity contribution < 1.29 is 14.7 Å². The summed E-state index contributed by atoms with van der Waals surface area (Å²) in [7, 11) is 0. The molecule has 2 aliphatic carbocycles.